The van der Waals surface area contributed by atoms with Crippen LogP contribution < -0.4 is 5.32 Å². The predicted molar refractivity (Wildman–Crippen MR) is 96.2 cm³/mol. The molecule has 1 aromatic rings. The standard InChI is InChI=1S/C18H18FN5O3/c19-14-6-2-1-4-11(14)10-24-16(25)13-9-21-17(22-15(13)23-18(24)26)20-8-12-5-3-7-27-12/h1-2,4,6,9,12-13H,3,5,7-8,10H2,(H,20,22,23,26). The number of carbonyl (C=O) groups is 2. The van der Waals surface area contributed by atoms with Crippen molar-refractivity contribution >= 4 is 29.9 Å². The van der Waals surface area contributed by atoms with Crippen LogP contribution in [0.5, 0.6) is 0 Å². The number of benzene rings is 1. The van der Waals surface area contributed by atoms with Crippen LogP contribution in [0.25, 0.3) is 0 Å². The van der Waals surface area contributed by atoms with Crippen LogP contribution in [0.3, 0.4) is 0 Å². The van der Waals surface area contributed by atoms with Crippen LogP contribution in [0.4, 0.5) is 9.18 Å². The molecule has 27 heavy (non-hydrogen) atoms. The number of guanidine groups is 1. The van der Waals surface area contributed by atoms with Gasteiger partial charge in [-0.3, -0.25) is 15.0 Å². The van der Waals surface area contributed by atoms with Crippen molar-refractivity contribution in [3.63, 3.8) is 0 Å². The van der Waals surface area contributed by atoms with E-state index in [0.29, 0.717) is 6.54 Å². The Morgan fingerprint density at radius 1 is 1.33 bits per heavy atom. The van der Waals surface area contributed by atoms with Gasteiger partial charge in [-0.05, 0) is 18.9 Å². The summed E-state index contributed by atoms with van der Waals surface area (Å²) in [6, 6.07) is 5.37. The number of rotatable bonds is 4. The Labute approximate surface area is 154 Å². The number of halogens is 1. The Bertz CT molecular complexity index is 860. The molecule has 0 spiro atoms. The second kappa shape index (κ2) is 7.36. The van der Waals surface area contributed by atoms with E-state index in [1.807, 2.05) is 0 Å². The summed E-state index contributed by atoms with van der Waals surface area (Å²) in [6.45, 7) is 1.02. The fourth-order valence-corrected chi connectivity index (χ4v) is 3.14. The minimum atomic E-state index is -0.809. The van der Waals surface area contributed by atoms with Crippen LogP contribution in [0.1, 0.15) is 18.4 Å². The molecule has 0 aliphatic carbocycles. The lowest BCUT2D eigenvalue weighted by atomic mass is 10.0. The third kappa shape index (κ3) is 3.63. The zero-order valence-corrected chi connectivity index (χ0v) is 14.5. The first-order valence-corrected chi connectivity index (χ1v) is 8.76. The van der Waals surface area contributed by atoms with Crippen LogP contribution in [-0.4, -0.2) is 54.1 Å². The molecule has 0 aromatic heterocycles. The molecule has 4 rings (SSSR count). The van der Waals surface area contributed by atoms with Gasteiger partial charge in [0.15, 0.2) is 0 Å². The van der Waals surface area contributed by atoms with Crippen LogP contribution in [0, 0.1) is 11.7 Å². The molecule has 2 unspecified atom stereocenters. The Hall–Kier alpha value is -2.94. The highest BCUT2D eigenvalue weighted by Crippen LogP contribution is 2.18. The van der Waals surface area contributed by atoms with E-state index in [1.165, 1.54) is 18.3 Å². The third-order valence-electron chi connectivity index (χ3n) is 4.61. The molecule has 2 saturated heterocycles. The first-order valence-electron chi connectivity index (χ1n) is 8.76. The molecule has 9 heteroatoms. The molecule has 0 saturated carbocycles. The molecule has 3 amide bonds. The molecule has 1 N–H and O–H groups in total. The lowest BCUT2D eigenvalue weighted by Crippen LogP contribution is -2.58. The number of urea groups is 1. The van der Waals surface area contributed by atoms with Crippen molar-refractivity contribution in [2.75, 3.05) is 13.2 Å². The van der Waals surface area contributed by atoms with Crippen LogP contribution >= 0.6 is 0 Å². The normalized spacial score (nSPS) is 26.2. The van der Waals surface area contributed by atoms with Crippen molar-refractivity contribution in [1.82, 2.24) is 10.2 Å². The Balaban J connectivity index is 1.48. The Kier molecular flexibility index (Phi) is 4.76. The molecule has 0 bridgehead atoms. The lowest BCUT2D eigenvalue weighted by molar-refractivity contribution is -0.129. The van der Waals surface area contributed by atoms with E-state index in [1.54, 1.807) is 12.1 Å². The average Bonchev–Trinajstić information content (AvgIpc) is 3.18. The number of fused-ring (bicyclic) bond motifs is 1. The van der Waals surface area contributed by atoms with Crippen LogP contribution in [0.2, 0.25) is 0 Å². The van der Waals surface area contributed by atoms with E-state index in [-0.39, 0.29) is 30.0 Å². The summed E-state index contributed by atoms with van der Waals surface area (Å²) in [5.74, 6) is -1.39. The van der Waals surface area contributed by atoms with Crippen molar-refractivity contribution in [2.45, 2.75) is 25.5 Å². The number of nitrogens with zero attached hydrogens (tertiary/aromatic N) is 4. The number of amidine groups is 1. The molecular formula is C18H18FN5O3. The molecule has 3 heterocycles. The molecule has 0 radical (unpaired) electrons. The molecule has 140 valence electrons. The van der Waals surface area contributed by atoms with E-state index in [0.717, 1.165) is 24.3 Å². The topological polar surface area (TPSA) is 95.7 Å². The van der Waals surface area contributed by atoms with Gasteiger partial charge in [0, 0.05) is 18.4 Å². The molecule has 1 aromatic carbocycles. The molecule has 8 nitrogen and oxygen atoms in total. The summed E-state index contributed by atoms with van der Waals surface area (Å²) in [5, 5.41) is 2.59. The summed E-state index contributed by atoms with van der Waals surface area (Å²) < 4.78 is 19.3. The molecule has 2 atom stereocenters. The van der Waals surface area contributed by atoms with E-state index in [9.17, 15) is 14.0 Å². The van der Waals surface area contributed by atoms with E-state index >= 15 is 0 Å². The second-order valence-electron chi connectivity index (χ2n) is 6.47. The highest BCUT2D eigenvalue weighted by molar-refractivity contribution is 6.28. The maximum atomic E-state index is 13.9. The summed E-state index contributed by atoms with van der Waals surface area (Å²) in [5.41, 5.74) is 0.257. The Morgan fingerprint density at radius 3 is 2.96 bits per heavy atom. The van der Waals surface area contributed by atoms with Crippen molar-refractivity contribution in [1.29, 1.82) is 0 Å². The number of amides is 3. The van der Waals surface area contributed by atoms with Crippen molar-refractivity contribution < 1.29 is 18.7 Å². The summed E-state index contributed by atoms with van der Waals surface area (Å²) in [4.78, 5) is 38.6. The number of aliphatic imine (C=N–C) groups is 3. The van der Waals surface area contributed by atoms with Gasteiger partial charge in [0.1, 0.15) is 17.6 Å². The van der Waals surface area contributed by atoms with E-state index in [4.69, 9.17) is 4.74 Å². The minimum Gasteiger partial charge on any atom is -0.376 e. The van der Waals surface area contributed by atoms with Gasteiger partial charge >= 0.3 is 6.03 Å². The zero-order chi connectivity index (χ0) is 18.8. The smallest absolute Gasteiger partial charge is 0.329 e. The third-order valence-corrected chi connectivity index (χ3v) is 4.61. The largest absolute Gasteiger partial charge is 0.376 e. The van der Waals surface area contributed by atoms with Gasteiger partial charge in [0.05, 0.1) is 19.2 Å². The highest BCUT2D eigenvalue weighted by atomic mass is 19.1. The van der Waals surface area contributed by atoms with Gasteiger partial charge < -0.3 is 4.74 Å². The number of hydrogen-bond acceptors (Lipinski definition) is 4. The fourth-order valence-electron chi connectivity index (χ4n) is 3.14. The number of ether oxygens (including phenoxy) is 1. The maximum Gasteiger partial charge on any atom is 0.329 e. The summed E-state index contributed by atoms with van der Waals surface area (Å²) in [7, 11) is 0. The Morgan fingerprint density at radius 2 is 2.19 bits per heavy atom. The number of carbonyl (C=O) groups excluding carboxylic acids is 2. The monoisotopic (exact) mass is 371 g/mol. The summed E-state index contributed by atoms with van der Waals surface area (Å²) in [6.07, 6.45) is 3.43. The maximum absolute atomic E-state index is 13.9. The van der Waals surface area contributed by atoms with Crippen LogP contribution in [-0.2, 0) is 16.1 Å². The number of imide groups is 1. The summed E-state index contributed by atoms with van der Waals surface area (Å²) >= 11 is 0. The second-order valence-corrected chi connectivity index (χ2v) is 6.47. The van der Waals surface area contributed by atoms with Gasteiger partial charge in [-0.1, -0.05) is 18.2 Å². The van der Waals surface area contributed by atoms with E-state index in [2.05, 4.69) is 20.3 Å². The van der Waals surface area contributed by atoms with Crippen molar-refractivity contribution in [3.05, 3.63) is 35.6 Å². The minimum absolute atomic E-state index is 0.0597. The molecule has 3 aliphatic rings. The van der Waals surface area contributed by atoms with Crippen molar-refractivity contribution in [3.8, 4) is 0 Å². The lowest BCUT2D eigenvalue weighted by Gasteiger charge is -2.31. The average molecular weight is 371 g/mol. The quantitative estimate of drug-likeness (QED) is 0.869. The molecule has 2 fully saturated rings. The van der Waals surface area contributed by atoms with E-state index < -0.39 is 23.7 Å². The van der Waals surface area contributed by atoms with Crippen LogP contribution in [0.15, 0.2) is 39.2 Å². The van der Waals surface area contributed by atoms with Gasteiger partial charge in [-0.25, -0.2) is 19.2 Å². The number of nitrogens with one attached hydrogen (secondary N) is 1. The predicted octanol–water partition coefficient (Wildman–Crippen LogP) is 1.51. The zero-order valence-electron chi connectivity index (χ0n) is 14.5. The fraction of sp³-hybridized carbons (Fsp3) is 0.389. The highest BCUT2D eigenvalue weighted by Gasteiger charge is 2.39. The van der Waals surface area contributed by atoms with Gasteiger partial charge in [0.25, 0.3) is 0 Å². The molecular weight excluding hydrogens is 353 g/mol. The number of hydrogen-bond donors (Lipinski definition) is 1. The first kappa shape index (κ1) is 17.5. The van der Waals surface area contributed by atoms with Crippen molar-refractivity contribution in [2.24, 2.45) is 20.9 Å². The van der Waals surface area contributed by atoms with Gasteiger partial charge in [-0.2, -0.15) is 4.99 Å². The van der Waals surface area contributed by atoms with Gasteiger partial charge in [-0.15, -0.1) is 0 Å². The van der Waals surface area contributed by atoms with Gasteiger partial charge in [0.2, 0.25) is 11.9 Å². The first-order chi connectivity index (χ1) is 13.1. The SMILES string of the molecule is O=C1NC2=NC(=NCC3CCCO3)N=CC2C(=O)N1Cc1ccccc1F. The molecule has 3 aliphatic heterocycles.